The Balaban J connectivity index is 0.00000242. The van der Waals surface area contributed by atoms with Crippen LogP contribution >= 0.6 is 39.9 Å². The molecule has 0 bridgehead atoms. The fourth-order valence-electron chi connectivity index (χ4n) is 2.56. The molecule has 0 saturated heterocycles. The zero-order chi connectivity index (χ0) is 15.1. The van der Waals surface area contributed by atoms with Gasteiger partial charge in [-0.2, -0.15) is 0 Å². The van der Waals surface area contributed by atoms with E-state index in [4.69, 9.17) is 4.74 Å². The van der Waals surface area contributed by atoms with Crippen LogP contribution in [0.2, 0.25) is 0 Å². The Morgan fingerprint density at radius 3 is 2.68 bits per heavy atom. The number of nitrogens with one attached hydrogen (secondary N) is 2. The molecule has 0 atom stereocenters. The van der Waals surface area contributed by atoms with Gasteiger partial charge in [0.2, 0.25) is 0 Å². The third kappa shape index (κ3) is 5.95. The third-order valence-corrected chi connectivity index (χ3v) is 4.30. The molecular weight excluding hydrogens is 457 g/mol. The molecule has 124 valence electrons. The lowest BCUT2D eigenvalue weighted by Crippen LogP contribution is -2.42. The van der Waals surface area contributed by atoms with Crippen molar-refractivity contribution in [3.8, 4) is 5.75 Å². The molecule has 1 aromatic rings. The summed E-state index contributed by atoms with van der Waals surface area (Å²) in [5.74, 6) is 1.76. The van der Waals surface area contributed by atoms with Crippen LogP contribution in [0, 0.1) is 0 Å². The lowest BCUT2D eigenvalue weighted by Gasteiger charge is -2.16. The lowest BCUT2D eigenvalue weighted by atomic mass is 10.2. The van der Waals surface area contributed by atoms with Crippen molar-refractivity contribution in [3.63, 3.8) is 0 Å². The van der Waals surface area contributed by atoms with E-state index in [9.17, 15) is 0 Å². The molecule has 0 unspecified atom stereocenters. The van der Waals surface area contributed by atoms with Gasteiger partial charge in [0, 0.05) is 12.6 Å². The molecule has 2 rings (SSSR count). The second-order valence-electron chi connectivity index (χ2n) is 5.29. The van der Waals surface area contributed by atoms with E-state index < -0.39 is 0 Å². The molecule has 1 saturated carbocycles. The van der Waals surface area contributed by atoms with Gasteiger partial charge in [0.1, 0.15) is 5.75 Å². The van der Waals surface area contributed by atoms with Crippen molar-refractivity contribution in [1.29, 1.82) is 0 Å². The molecule has 6 heteroatoms. The summed E-state index contributed by atoms with van der Waals surface area (Å²) in [4.78, 5) is 4.68. The first-order valence-electron chi connectivity index (χ1n) is 7.60. The number of benzene rings is 1. The second kappa shape index (κ2) is 10.3. The summed E-state index contributed by atoms with van der Waals surface area (Å²) in [6.07, 6.45) is 5.14. The molecule has 0 spiro atoms. The van der Waals surface area contributed by atoms with E-state index in [1.165, 1.54) is 25.7 Å². The topological polar surface area (TPSA) is 45.7 Å². The van der Waals surface area contributed by atoms with E-state index in [-0.39, 0.29) is 24.0 Å². The predicted octanol–water partition coefficient (Wildman–Crippen LogP) is 4.07. The maximum atomic E-state index is 5.25. The van der Waals surface area contributed by atoms with E-state index in [1.807, 2.05) is 12.1 Å². The van der Waals surface area contributed by atoms with Gasteiger partial charge in [-0.3, -0.25) is 0 Å². The number of hydrogen-bond donors (Lipinski definition) is 2. The summed E-state index contributed by atoms with van der Waals surface area (Å²) in [6.45, 7) is 3.63. The first kappa shape index (κ1) is 19.5. The van der Waals surface area contributed by atoms with Gasteiger partial charge in [-0.25, -0.2) is 4.99 Å². The van der Waals surface area contributed by atoms with E-state index in [1.54, 1.807) is 7.11 Å². The van der Waals surface area contributed by atoms with Gasteiger partial charge in [0.25, 0.3) is 0 Å². The summed E-state index contributed by atoms with van der Waals surface area (Å²) >= 11 is 3.51. The second-order valence-corrected chi connectivity index (χ2v) is 6.14. The molecule has 1 aliphatic carbocycles. The Labute approximate surface area is 158 Å². The molecule has 1 fully saturated rings. The predicted molar refractivity (Wildman–Crippen MR) is 106 cm³/mol. The smallest absolute Gasteiger partial charge is 0.191 e. The van der Waals surface area contributed by atoms with Gasteiger partial charge in [0.15, 0.2) is 5.96 Å². The van der Waals surface area contributed by atoms with Crippen LogP contribution in [0.25, 0.3) is 0 Å². The van der Waals surface area contributed by atoms with Crippen molar-refractivity contribution in [2.75, 3.05) is 13.7 Å². The number of methoxy groups -OCH3 is 1. The fraction of sp³-hybridized carbons (Fsp3) is 0.562. The van der Waals surface area contributed by atoms with Crippen LogP contribution in [-0.2, 0) is 6.54 Å². The minimum atomic E-state index is 0. The van der Waals surface area contributed by atoms with E-state index in [2.05, 4.69) is 44.5 Å². The Kier molecular flexibility index (Phi) is 9.16. The van der Waals surface area contributed by atoms with Crippen LogP contribution in [0.15, 0.2) is 27.7 Å². The van der Waals surface area contributed by atoms with Crippen LogP contribution in [0.1, 0.15) is 38.2 Å². The molecule has 1 aliphatic rings. The fourth-order valence-corrected chi connectivity index (χ4v) is 3.15. The van der Waals surface area contributed by atoms with E-state index in [0.717, 1.165) is 28.3 Å². The largest absolute Gasteiger partial charge is 0.496 e. The molecule has 0 heterocycles. The molecule has 0 radical (unpaired) electrons. The SMILES string of the molecule is CCNC(=NCc1ccc(OC)c(Br)c1)NC1CCCC1.I. The average Bonchev–Trinajstić information content (AvgIpc) is 2.98. The lowest BCUT2D eigenvalue weighted by molar-refractivity contribution is 0.412. The molecule has 2 N–H and O–H groups in total. The molecule has 22 heavy (non-hydrogen) atoms. The maximum Gasteiger partial charge on any atom is 0.191 e. The highest BCUT2D eigenvalue weighted by molar-refractivity contribution is 14.0. The summed E-state index contributed by atoms with van der Waals surface area (Å²) in [7, 11) is 1.67. The van der Waals surface area contributed by atoms with Crippen LogP contribution in [-0.4, -0.2) is 25.7 Å². The number of aliphatic imine (C=N–C) groups is 1. The highest BCUT2D eigenvalue weighted by Crippen LogP contribution is 2.25. The van der Waals surface area contributed by atoms with Gasteiger partial charge < -0.3 is 15.4 Å². The van der Waals surface area contributed by atoms with Crippen molar-refractivity contribution < 1.29 is 4.74 Å². The molecule has 1 aromatic carbocycles. The summed E-state index contributed by atoms with van der Waals surface area (Å²) in [6, 6.07) is 6.64. The van der Waals surface area contributed by atoms with Crippen LogP contribution in [0.3, 0.4) is 0 Å². The molecule has 0 amide bonds. The van der Waals surface area contributed by atoms with E-state index >= 15 is 0 Å². The van der Waals surface area contributed by atoms with Gasteiger partial charge >= 0.3 is 0 Å². The van der Waals surface area contributed by atoms with Gasteiger partial charge in [-0.1, -0.05) is 18.9 Å². The first-order valence-corrected chi connectivity index (χ1v) is 8.39. The van der Waals surface area contributed by atoms with Crippen LogP contribution in [0.5, 0.6) is 5.75 Å². The van der Waals surface area contributed by atoms with Gasteiger partial charge in [-0.05, 0) is 53.4 Å². The molecule has 4 nitrogen and oxygen atoms in total. The minimum absolute atomic E-state index is 0. The Bertz CT molecular complexity index is 490. The zero-order valence-corrected chi connectivity index (χ0v) is 17.1. The number of nitrogens with zero attached hydrogens (tertiary/aromatic N) is 1. The van der Waals surface area contributed by atoms with Gasteiger partial charge in [0.05, 0.1) is 18.1 Å². The van der Waals surface area contributed by atoms with Crippen molar-refractivity contribution in [2.24, 2.45) is 4.99 Å². The Morgan fingerprint density at radius 1 is 1.36 bits per heavy atom. The Morgan fingerprint density at radius 2 is 2.09 bits per heavy atom. The van der Waals surface area contributed by atoms with Crippen molar-refractivity contribution in [3.05, 3.63) is 28.2 Å². The van der Waals surface area contributed by atoms with Crippen LogP contribution < -0.4 is 15.4 Å². The molecular formula is C16H25BrIN3O. The summed E-state index contributed by atoms with van der Waals surface area (Å²) in [5.41, 5.74) is 1.16. The Hall–Kier alpha value is -0.500. The van der Waals surface area contributed by atoms with Crippen molar-refractivity contribution >= 4 is 45.9 Å². The highest BCUT2D eigenvalue weighted by atomic mass is 127. The van der Waals surface area contributed by atoms with Crippen molar-refractivity contribution in [2.45, 2.75) is 45.2 Å². The monoisotopic (exact) mass is 481 g/mol. The number of rotatable bonds is 5. The van der Waals surface area contributed by atoms with Crippen molar-refractivity contribution in [1.82, 2.24) is 10.6 Å². The first-order chi connectivity index (χ1) is 10.2. The number of halogens is 2. The number of guanidine groups is 1. The molecule has 0 aliphatic heterocycles. The number of ether oxygens (including phenoxy) is 1. The maximum absolute atomic E-state index is 5.25. The number of hydrogen-bond acceptors (Lipinski definition) is 2. The van der Waals surface area contributed by atoms with E-state index in [0.29, 0.717) is 12.6 Å². The quantitative estimate of drug-likeness (QED) is 0.378. The average molecular weight is 482 g/mol. The van der Waals surface area contributed by atoms with Gasteiger partial charge in [-0.15, -0.1) is 24.0 Å². The summed E-state index contributed by atoms with van der Waals surface area (Å²) < 4.78 is 6.21. The third-order valence-electron chi connectivity index (χ3n) is 3.68. The minimum Gasteiger partial charge on any atom is -0.496 e. The standard InChI is InChI=1S/C16H24BrN3O.HI/c1-3-18-16(20-13-6-4-5-7-13)19-11-12-8-9-15(21-2)14(17)10-12;/h8-10,13H,3-7,11H2,1-2H3,(H2,18,19,20);1H. The summed E-state index contributed by atoms with van der Waals surface area (Å²) in [5, 5.41) is 6.85. The normalized spacial score (nSPS) is 15.3. The highest BCUT2D eigenvalue weighted by Gasteiger charge is 2.15. The van der Waals surface area contributed by atoms with Crippen LogP contribution in [0.4, 0.5) is 0 Å². The zero-order valence-electron chi connectivity index (χ0n) is 13.2. The molecule has 0 aromatic heterocycles.